The molecule has 2 N–H and O–H groups in total. The van der Waals surface area contributed by atoms with Crippen LogP contribution in [-0.2, 0) is 4.74 Å². The standard InChI is InChI=1S/C14H15NO5/c1-19-8-10(7-16)15-13(17)11-6-9-4-2-3-5-12(9)20-14(11)18/h2-6,10,16H,7-8H2,1H3,(H,15,17). The summed E-state index contributed by atoms with van der Waals surface area (Å²) in [4.78, 5) is 23.8. The zero-order valence-corrected chi connectivity index (χ0v) is 11.0. The van der Waals surface area contributed by atoms with Gasteiger partial charge in [-0.05, 0) is 12.1 Å². The van der Waals surface area contributed by atoms with Crippen molar-refractivity contribution in [2.75, 3.05) is 20.3 Å². The molecule has 1 amide bonds. The Kier molecular flexibility index (Phi) is 4.49. The lowest BCUT2D eigenvalue weighted by atomic mass is 10.1. The third kappa shape index (κ3) is 3.04. The van der Waals surface area contributed by atoms with Gasteiger partial charge >= 0.3 is 5.63 Å². The second kappa shape index (κ2) is 6.31. The molecule has 6 nitrogen and oxygen atoms in total. The van der Waals surface area contributed by atoms with Crippen LogP contribution in [-0.4, -0.2) is 37.4 Å². The molecule has 2 aromatic rings. The smallest absolute Gasteiger partial charge is 0.349 e. The summed E-state index contributed by atoms with van der Waals surface area (Å²) in [5.74, 6) is -0.597. The number of hydrogen-bond donors (Lipinski definition) is 2. The number of fused-ring (bicyclic) bond motifs is 1. The molecule has 0 spiro atoms. The van der Waals surface area contributed by atoms with Gasteiger partial charge in [-0.2, -0.15) is 0 Å². The first-order valence-electron chi connectivity index (χ1n) is 6.09. The van der Waals surface area contributed by atoms with Crippen LogP contribution in [0.4, 0.5) is 0 Å². The van der Waals surface area contributed by atoms with Crippen molar-refractivity contribution >= 4 is 16.9 Å². The van der Waals surface area contributed by atoms with E-state index in [1.165, 1.54) is 13.2 Å². The predicted molar refractivity (Wildman–Crippen MR) is 72.7 cm³/mol. The van der Waals surface area contributed by atoms with Gasteiger partial charge in [0.2, 0.25) is 0 Å². The van der Waals surface area contributed by atoms with E-state index in [2.05, 4.69) is 5.32 Å². The van der Waals surface area contributed by atoms with E-state index in [0.717, 1.165) is 0 Å². The van der Waals surface area contributed by atoms with Crippen molar-refractivity contribution in [2.45, 2.75) is 6.04 Å². The van der Waals surface area contributed by atoms with Crippen molar-refractivity contribution in [3.63, 3.8) is 0 Å². The molecule has 0 saturated heterocycles. The fourth-order valence-corrected chi connectivity index (χ4v) is 1.82. The summed E-state index contributed by atoms with van der Waals surface area (Å²) >= 11 is 0. The normalized spacial score (nSPS) is 12.3. The number of carbonyl (C=O) groups excluding carboxylic acids is 1. The Labute approximate surface area is 115 Å². The average molecular weight is 277 g/mol. The third-order valence-electron chi connectivity index (χ3n) is 2.81. The fraction of sp³-hybridized carbons (Fsp3) is 0.286. The van der Waals surface area contributed by atoms with E-state index in [1.807, 2.05) is 0 Å². The number of aliphatic hydroxyl groups excluding tert-OH is 1. The highest BCUT2D eigenvalue weighted by atomic mass is 16.5. The monoisotopic (exact) mass is 277 g/mol. The van der Waals surface area contributed by atoms with Gasteiger partial charge in [-0.25, -0.2) is 4.79 Å². The molecule has 20 heavy (non-hydrogen) atoms. The van der Waals surface area contributed by atoms with Crippen LogP contribution >= 0.6 is 0 Å². The maximum atomic E-state index is 12.0. The van der Waals surface area contributed by atoms with Gasteiger partial charge in [0.05, 0.1) is 19.3 Å². The molecular formula is C14H15NO5. The van der Waals surface area contributed by atoms with Crippen LogP contribution < -0.4 is 10.9 Å². The van der Waals surface area contributed by atoms with Crippen molar-refractivity contribution < 1.29 is 19.1 Å². The zero-order chi connectivity index (χ0) is 14.5. The molecule has 1 unspecified atom stereocenters. The SMILES string of the molecule is COCC(CO)NC(=O)c1cc2ccccc2oc1=O. The topological polar surface area (TPSA) is 88.8 Å². The molecule has 0 bridgehead atoms. The number of para-hydroxylation sites is 1. The van der Waals surface area contributed by atoms with Crippen LogP contribution in [0.25, 0.3) is 11.0 Å². The molecule has 0 radical (unpaired) electrons. The molecule has 1 aromatic heterocycles. The summed E-state index contributed by atoms with van der Waals surface area (Å²) in [6.45, 7) is -0.125. The van der Waals surface area contributed by atoms with E-state index in [4.69, 9.17) is 14.3 Å². The third-order valence-corrected chi connectivity index (χ3v) is 2.81. The second-order valence-corrected chi connectivity index (χ2v) is 4.29. The number of benzene rings is 1. The van der Waals surface area contributed by atoms with E-state index in [0.29, 0.717) is 11.0 Å². The van der Waals surface area contributed by atoms with Crippen LogP contribution in [0.5, 0.6) is 0 Å². The average Bonchev–Trinajstić information content (AvgIpc) is 2.45. The quantitative estimate of drug-likeness (QED) is 0.778. The van der Waals surface area contributed by atoms with Crippen molar-refractivity contribution in [3.05, 3.63) is 46.3 Å². The number of ether oxygens (including phenoxy) is 1. The van der Waals surface area contributed by atoms with E-state index >= 15 is 0 Å². The largest absolute Gasteiger partial charge is 0.422 e. The molecule has 0 fully saturated rings. The second-order valence-electron chi connectivity index (χ2n) is 4.29. The van der Waals surface area contributed by atoms with Crippen LogP contribution in [0.1, 0.15) is 10.4 Å². The van der Waals surface area contributed by atoms with Gasteiger partial charge in [0.1, 0.15) is 11.1 Å². The maximum absolute atomic E-state index is 12.0. The van der Waals surface area contributed by atoms with Gasteiger partial charge < -0.3 is 19.6 Å². The lowest BCUT2D eigenvalue weighted by Gasteiger charge is -2.14. The van der Waals surface area contributed by atoms with Gasteiger partial charge in [-0.3, -0.25) is 4.79 Å². The first-order chi connectivity index (χ1) is 9.65. The molecule has 0 aliphatic rings. The highest BCUT2D eigenvalue weighted by molar-refractivity contribution is 5.96. The Hall–Kier alpha value is -2.18. The summed E-state index contributed by atoms with van der Waals surface area (Å²) in [5.41, 5.74) is -0.391. The van der Waals surface area contributed by atoms with Gasteiger partial charge in [-0.15, -0.1) is 0 Å². The number of hydrogen-bond acceptors (Lipinski definition) is 5. The Bertz CT molecular complexity index is 664. The number of aliphatic hydroxyl groups is 1. The molecule has 0 aliphatic heterocycles. The Morgan fingerprint density at radius 1 is 1.45 bits per heavy atom. The molecule has 2 rings (SSSR count). The summed E-state index contributed by atoms with van der Waals surface area (Å²) in [7, 11) is 1.46. The Morgan fingerprint density at radius 3 is 2.90 bits per heavy atom. The van der Waals surface area contributed by atoms with Crippen LogP contribution in [0.2, 0.25) is 0 Å². The van der Waals surface area contributed by atoms with Crippen LogP contribution in [0.15, 0.2) is 39.5 Å². The van der Waals surface area contributed by atoms with E-state index in [1.54, 1.807) is 24.3 Å². The lowest BCUT2D eigenvalue weighted by Crippen LogP contribution is -2.42. The molecule has 1 atom stereocenters. The summed E-state index contributed by atoms with van der Waals surface area (Å²) < 4.78 is 9.93. The van der Waals surface area contributed by atoms with Gasteiger partial charge in [0, 0.05) is 12.5 Å². The summed E-state index contributed by atoms with van der Waals surface area (Å²) in [6, 6.07) is 7.82. The summed E-state index contributed by atoms with van der Waals surface area (Å²) in [5, 5.41) is 12.3. The first kappa shape index (κ1) is 14.2. The fourth-order valence-electron chi connectivity index (χ4n) is 1.82. The van der Waals surface area contributed by atoms with Crippen LogP contribution in [0, 0.1) is 0 Å². The van der Waals surface area contributed by atoms with E-state index in [-0.39, 0.29) is 18.8 Å². The molecule has 0 saturated carbocycles. The molecule has 0 aliphatic carbocycles. The molecular weight excluding hydrogens is 262 g/mol. The van der Waals surface area contributed by atoms with Crippen molar-refractivity contribution in [2.24, 2.45) is 0 Å². The Morgan fingerprint density at radius 2 is 2.20 bits per heavy atom. The Balaban J connectivity index is 2.30. The summed E-state index contributed by atoms with van der Waals surface area (Å²) in [6.07, 6.45) is 0. The van der Waals surface area contributed by atoms with Crippen molar-refractivity contribution in [3.8, 4) is 0 Å². The highest BCUT2D eigenvalue weighted by Crippen LogP contribution is 2.12. The van der Waals surface area contributed by atoms with Crippen molar-refractivity contribution in [1.82, 2.24) is 5.32 Å². The van der Waals surface area contributed by atoms with Crippen molar-refractivity contribution in [1.29, 1.82) is 0 Å². The van der Waals surface area contributed by atoms with Gasteiger partial charge in [-0.1, -0.05) is 18.2 Å². The van der Waals surface area contributed by atoms with Crippen LogP contribution in [0.3, 0.4) is 0 Å². The molecule has 106 valence electrons. The maximum Gasteiger partial charge on any atom is 0.349 e. The number of rotatable bonds is 5. The minimum absolute atomic E-state index is 0.0988. The molecule has 1 aromatic carbocycles. The van der Waals surface area contributed by atoms with Gasteiger partial charge in [0.15, 0.2) is 0 Å². The highest BCUT2D eigenvalue weighted by Gasteiger charge is 2.17. The minimum Gasteiger partial charge on any atom is -0.422 e. The number of amides is 1. The number of nitrogens with one attached hydrogen (secondary N) is 1. The lowest BCUT2D eigenvalue weighted by molar-refractivity contribution is 0.0836. The molecule has 1 heterocycles. The first-order valence-corrected chi connectivity index (χ1v) is 6.09. The number of methoxy groups -OCH3 is 1. The molecule has 6 heteroatoms. The minimum atomic E-state index is -0.713. The van der Waals surface area contributed by atoms with E-state index < -0.39 is 17.6 Å². The number of carbonyl (C=O) groups is 1. The van der Waals surface area contributed by atoms with E-state index in [9.17, 15) is 9.59 Å². The van der Waals surface area contributed by atoms with Gasteiger partial charge in [0.25, 0.3) is 5.91 Å². The zero-order valence-electron chi connectivity index (χ0n) is 11.0. The predicted octanol–water partition coefficient (Wildman–Crippen LogP) is 0.530.